The number of ketones is 1. The van der Waals surface area contributed by atoms with Crippen molar-refractivity contribution in [1.29, 1.82) is 0 Å². The van der Waals surface area contributed by atoms with Gasteiger partial charge in [0.15, 0.2) is 0 Å². The number of aromatic nitrogens is 2. The normalized spacial score (nSPS) is 19.9. The molecule has 1 saturated heterocycles. The number of likely N-dealkylation sites (tertiary alicyclic amines) is 1. The fourth-order valence-corrected chi connectivity index (χ4v) is 5.40. The Hall–Kier alpha value is -3.20. The van der Waals surface area contributed by atoms with E-state index in [2.05, 4.69) is 20.6 Å². The van der Waals surface area contributed by atoms with E-state index in [4.69, 9.17) is 0 Å². The molecule has 0 spiro atoms. The van der Waals surface area contributed by atoms with Crippen LogP contribution in [0.4, 0.5) is 4.39 Å². The molecule has 198 valence electrons. The van der Waals surface area contributed by atoms with Crippen LogP contribution in [0.3, 0.4) is 0 Å². The second kappa shape index (κ2) is 11.9. The molecule has 9 heteroatoms. The zero-order valence-electron chi connectivity index (χ0n) is 21.8. The lowest BCUT2D eigenvalue weighted by Gasteiger charge is -2.35. The zero-order chi connectivity index (χ0) is 26.5. The minimum Gasteiger partial charge on any atom is -0.343 e. The molecule has 2 N–H and O–H groups in total. The van der Waals surface area contributed by atoms with Gasteiger partial charge in [0.1, 0.15) is 23.4 Å². The quantitative estimate of drug-likeness (QED) is 0.528. The van der Waals surface area contributed by atoms with Crippen LogP contribution >= 0.6 is 0 Å². The van der Waals surface area contributed by atoms with Gasteiger partial charge >= 0.3 is 0 Å². The molecule has 2 fully saturated rings. The first kappa shape index (κ1) is 26.9. The summed E-state index contributed by atoms with van der Waals surface area (Å²) in [6, 6.07) is 5.70. The van der Waals surface area contributed by atoms with Gasteiger partial charge in [-0.2, -0.15) is 0 Å². The van der Waals surface area contributed by atoms with Crippen molar-refractivity contribution in [3.8, 4) is 0 Å². The van der Waals surface area contributed by atoms with E-state index < -0.39 is 17.9 Å². The van der Waals surface area contributed by atoms with Gasteiger partial charge in [0, 0.05) is 12.1 Å². The number of benzene rings is 1. The predicted molar refractivity (Wildman–Crippen MR) is 137 cm³/mol. The molecule has 8 nitrogen and oxygen atoms in total. The van der Waals surface area contributed by atoms with Gasteiger partial charge in [-0.15, -0.1) is 0 Å². The Labute approximate surface area is 217 Å². The Kier molecular flexibility index (Phi) is 8.63. The molecule has 2 aromatic rings. The van der Waals surface area contributed by atoms with E-state index in [0.717, 1.165) is 38.5 Å². The lowest BCUT2D eigenvalue weighted by atomic mass is 9.83. The van der Waals surface area contributed by atoms with E-state index in [1.54, 1.807) is 27.0 Å². The fraction of sp³-hybridized carbons (Fsp3) is 0.536. The van der Waals surface area contributed by atoms with Crippen molar-refractivity contribution in [2.45, 2.75) is 76.9 Å². The smallest absolute Gasteiger partial charge is 0.246 e. The highest BCUT2D eigenvalue weighted by Crippen LogP contribution is 2.35. The van der Waals surface area contributed by atoms with Crippen LogP contribution in [-0.4, -0.2) is 58.1 Å². The van der Waals surface area contributed by atoms with Crippen LogP contribution in [0.5, 0.6) is 0 Å². The van der Waals surface area contributed by atoms with Gasteiger partial charge in [0.2, 0.25) is 17.6 Å². The first-order chi connectivity index (χ1) is 17.8. The lowest BCUT2D eigenvalue weighted by Crippen LogP contribution is -2.55. The van der Waals surface area contributed by atoms with Crippen LogP contribution < -0.4 is 10.6 Å². The molecule has 0 radical (unpaired) electrons. The van der Waals surface area contributed by atoms with Gasteiger partial charge < -0.3 is 15.5 Å². The summed E-state index contributed by atoms with van der Waals surface area (Å²) >= 11 is 0. The number of likely N-dealkylation sites (N-methyl/N-ethyl adjacent to an activating group) is 1. The highest BCUT2D eigenvalue weighted by Gasteiger charge is 2.39. The molecule has 1 aliphatic heterocycles. The van der Waals surface area contributed by atoms with Crippen molar-refractivity contribution in [3.63, 3.8) is 0 Å². The molecule has 2 heterocycles. The van der Waals surface area contributed by atoms with Crippen molar-refractivity contribution in [2.75, 3.05) is 13.6 Å². The lowest BCUT2D eigenvalue weighted by molar-refractivity contribution is -0.139. The number of hydrogen-bond donors (Lipinski definition) is 2. The van der Waals surface area contributed by atoms with Crippen LogP contribution in [0, 0.1) is 18.7 Å². The standard InChI is InChI=1S/C28H36FN5O3/c1-17(30-3)27(36)33-25(19-8-5-4-6-9-19)28(37)34-15-7-10-24(34)22-16-23(32-18(2)31-22)26(35)20-11-13-21(29)14-12-20/h11-14,16-17,19,24-25,30H,4-10,15H2,1-3H3,(H,33,36)/t17-,24-,25-/m0/s1. The first-order valence-corrected chi connectivity index (χ1v) is 13.2. The number of hydrogen-bond acceptors (Lipinski definition) is 6. The molecule has 1 aromatic carbocycles. The summed E-state index contributed by atoms with van der Waals surface area (Å²) in [6.45, 7) is 4.06. The summed E-state index contributed by atoms with van der Waals surface area (Å²) in [5, 5.41) is 5.99. The monoisotopic (exact) mass is 509 g/mol. The number of nitrogens with one attached hydrogen (secondary N) is 2. The SMILES string of the molecule is CN[C@@H](C)C(=O)N[C@H](C(=O)N1CCC[C@H]1c1cc(C(=O)c2ccc(F)cc2)nc(C)n1)C1CCCCC1. The maximum absolute atomic E-state index is 14.0. The molecule has 3 atom stereocenters. The number of amides is 2. The largest absolute Gasteiger partial charge is 0.343 e. The molecular weight excluding hydrogens is 473 g/mol. The van der Waals surface area contributed by atoms with Crippen molar-refractivity contribution in [1.82, 2.24) is 25.5 Å². The third kappa shape index (κ3) is 6.21. The van der Waals surface area contributed by atoms with Gasteiger partial charge in [-0.1, -0.05) is 19.3 Å². The Morgan fingerprint density at radius 2 is 1.73 bits per heavy atom. The summed E-state index contributed by atoms with van der Waals surface area (Å²) in [5.74, 6) is -0.489. The van der Waals surface area contributed by atoms with Crippen molar-refractivity contribution in [2.24, 2.45) is 5.92 Å². The summed E-state index contributed by atoms with van der Waals surface area (Å²) in [4.78, 5) is 50.6. The Morgan fingerprint density at radius 3 is 2.41 bits per heavy atom. The average Bonchev–Trinajstić information content (AvgIpc) is 3.41. The number of aryl methyl sites for hydroxylation is 1. The van der Waals surface area contributed by atoms with Crippen LogP contribution in [0.2, 0.25) is 0 Å². The number of nitrogens with zero attached hydrogens (tertiary/aromatic N) is 3. The van der Waals surface area contributed by atoms with Crippen LogP contribution in [0.15, 0.2) is 30.3 Å². The number of carbonyl (C=O) groups is 3. The van der Waals surface area contributed by atoms with Crippen LogP contribution in [-0.2, 0) is 9.59 Å². The Morgan fingerprint density at radius 1 is 1.03 bits per heavy atom. The summed E-state index contributed by atoms with van der Waals surface area (Å²) < 4.78 is 13.3. The summed E-state index contributed by atoms with van der Waals surface area (Å²) in [6.07, 6.45) is 6.59. The maximum Gasteiger partial charge on any atom is 0.246 e. The minimum absolute atomic E-state index is 0.0891. The predicted octanol–water partition coefficient (Wildman–Crippen LogP) is 3.49. The van der Waals surface area contributed by atoms with Gasteiger partial charge in [-0.25, -0.2) is 14.4 Å². The summed E-state index contributed by atoms with van der Waals surface area (Å²) in [5.41, 5.74) is 1.16. The van der Waals surface area contributed by atoms with E-state index in [0.29, 0.717) is 30.0 Å². The number of carbonyl (C=O) groups excluding carboxylic acids is 3. The van der Waals surface area contributed by atoms with Gasteiger partial charge in [-0.3, -0.25) is 14.4 Å². The molecule has 1 saturated carbocycles. The van der Waals surface area contributed by atoms with E-state index in [9.17, 15) is 18.8 Å². The zero-order valence-corrected chi connectivity index (χ0v) is 21.8. The first-order valence-electron chi connectivity index (χ1n) is 13.2. The third-order valence-electron chi connectivity index (χ3n) is 7.59. The fourth-order valence-electron chi connectivity index (χ4n) is 5.40. The van der Waals surface area contributed by atoms with Crippen molar-refractivity contribution < 1.29 is 18.8 Å². The average molecular weight is 510 g/mol. The van der Waals surface area contributed by atoms with Gasteiger partial charge in [-0.05, 0) is 82.8 Å². The molecule has 2 amide bonds. The second-order valence-corrected chi connectivity index (χ2v) is 10.1. The van der Waals surface area contributed by atoms with E-state index in [1.807, 2.05) is 4.90 Å². The molecule has 0 bridgehead atoms. The Bertz CT molecular complexity index is 1130. The number of rotatable bonds is 8. The number of halogens is 1. The highest BCUT2D eigenvalue weighted by atomic mass is 19.1. The van der Waals surface area contributed by atoms with Gasteiger partial charge in [0.05, 0.1) is 17.8 Å². The van der Waals surface area contributed by atoms with E-state index >= 15 is 0 Å². The van der Waals surface area contributed by atoms with Crippen molar-refractivity contribution in [3.05, 3.63) is 58.9 Å². The van der Waals surface area contributed by atoms with Crippen LogP contribution in [0.1, 0.15) is 85.5 Å². The third-order valence-corrected chi connectivity index (χ3v) is 7.59. The molecule has 2 aliphatic rings. The van der Waals surface area contributed by atoms with E-state index in [-0.39, 0.29) is 35.3 Å². The maximum atomic E-state index is 14.0. The van der Waals surface area contributed by atoms with Gasteiger partial charge in [0.25, 0.3) is 0 Å². The minimum atomic E-state index is -0.590. The Balaban J connectivity index is 1.60. The molecule has 1 aliphatic carbocycles. The molecule has 0 unspecified atom stereocenters. The second-order valence-electron chi connectivity index (χ2n) is 10.1. The summed E-state index contributed by atoms with van der Waals surface area (Å²) in [7, 11) is 1.72. The van der Waals surface area contributed by atoms with E-state index in [1.165, 1.54) is 24.3 Å². The molecule has 4 rings (SSSR count). The topological polar surface area (TPSA) is 104 Å². The molecule has 37 heavy (non-hydrogen) atoms. The van der Waals surface area contributed by atoms with Crippen molar-refractivity contribution >= 4 is 17.6 Å². The molecular formula is C28H36FN5O3. The molecule has 1 aromatic heterocycles. The van der Waals surface area contributed by atoms with Crippen LogP contribution in [0.25, 0.3) is 0 Å². The highest BCUT2D eigenvalue weighted by molar-refractivity contribution is 6.07.